The second-order valence-electron chi connectivity index (χ2n) is 6.36. The number of aryl methyl sites for hydroxylation is 1. The lowest BCUT2D eigenvalue weighted by atomic mass is 10.1. The molecular formula is C18H27N3O2. The maximum Gasteiger partial charge on any atom is 0.195 e. The molecule has 0 bridgehead atoms. The van der Waals surface area contributed by atoms with E-state index in [9.17, 15) is 0 Å². The largest absolute Gasteiger partial charge is 0.441 e. The summed E-state index contributed by atoms with van der Waals surface area (Å²) < 4.78 is 11.0. The van der Waals surface area contributed by atoms with Crippen molar-refractivity contribution in [2.45, 2.75) is 25.8 Å². The first-order valence-electron chi connectivity index (χ1n) is 8.56. The molecule has 126 valence electrons. The molecule has 1 fully saturated rings. The number of hydrogen-bond donors (Lipinski definition) is 0. The Morgan fingerprint density at radius 3 is 2.91 bits per heavy atom. The predicted molar refractivity (Wildman–Crippen MR) is 91.7 cm³/mol. The second kappa shape index (κ2) is 7.90. The molecule has 5 heteroatoms. The number of para-hydroxylation sites is 2. The summed E-state index contributed by atoms with van der Waals surface area (Å²) in [5, 5.41) is 0. The highest BCUT2D eigenvalue weighted by Gasteiger charge is 2.22. The van der Waals surface area contributed by atoms with Gasteiger partial charge in [0.05, 0.1) is 6.61 Å². The molecule has 0 spiro atoms. The van der Waals surface area contributed by atoms with Gasteiger partial charge < -0.3 is 14.1 Å². The Hall–Kier alpha value is -1.43. The minimum absolute atomic E-state index is 0.600. The van der Waals surface area contributed by atoms with Gasteiger partial charge in [0.25, 0.3) is 0 Å². The number of benzene rings is 1. The van der Waals surface area contributed by atoms with Crippen molar-refractivity contribution in [1.29, 1.82) is 0 Å². The van der Waals surface area contributed by atoms with Crippen LogP contribution in [0.2, 0.25) is 0 Å². The van der Waals surface area contributed by atoms with Crippen LogP contribution in [-0.4, -0.2) is 67.3 Å². The molecule has 5 nitrogen and oxygen atoms in total. The van der Waals surface area contributed by atoms with Crippen molar-refractivity contribution in [2.24, 2.45) is 0 Å². The average Bonchev–Trinajstić information content (AvgIpc) is 2.97. The highest BCUT2D eigenvalue weighted by Crippen LogP contribution is 2.16. The van der Waals surface area contributed by atoms with E-state index >= 15 is 0 Å². The third kappa shape index (κ3) is 4.31. The number of hydrogen-bond acceptors (Lipinski definition) is 5. The molecule has 0 amide bonds. The molecular weight excluding hydrogens is 290 g/mol. The fourth-order valence-corrected chi connectivity index (χ4v) is 3.30. The number of oxazole rings is 1. The zero-order chi connectivity index (χ0) is 16.1. The van der Waals surface area contributed by atoms with Gasteiger partial charge in [0, 0.05) is 45.8 Å². The number of nitrogens with zero attached hydrogens (tertiary/aromatic N) is 3. The molecule has 0 N–H and O–H groups in total. The summed E-state index contributed by atoms with van der Waals surface area (Å²) in [5.41, 5.74) is 1.85. The van der Waals surface area contributed by atoms with E-state index in [0.717, 1.165) is 69.2 Å². The SMILES string of the molecule is COCCN1CCN(CCCc2nc3ccccc3o2)C[C@@H]1C. The fraction of sp³-hybridized carbons (Fsp3) is 0.611. The molecule has 1 aliphatic heterocycles. The summed E-state index contributed by atoms with van der Waals surface area (Å²) in [6.45, 7) is 8.69. The first kappa shape index (κ1) is 16.4. The summed E-state index contributed by atoms with van der Waals surface area (Å²) in [7, 11) is 1.77. The van der Waals surface area contributed by atoms with Crippen molar-refractivity contribution in [1.82, 2.24) is 14.8 Å². The maximum absolute atomic E-state index is 5.79. The van der Waals surface area contributed by atoms with Gasteiger partial charge in [-0.2, -0.15) is 0 Å². The lowest BCUT2D eigenvalue weighted by Gasteiger charge is -2.39. The van der Waals surface area contributed by atoms with Gasteiger partial charge in [-0.1, -0.05) is 12.1 Å². The van der Waals surface area contributed by atoms with Crippen LogP contribution in [0.25, 0.3) is 11.1 Å². The first-order chi connectivity index (χ1) is 11.3. The van der Waals surface area contributed by atoms with Crippen LogP contribution < -0.4 is 0 Å². The molecule has 0 radical (unpaired) electrons. The van der Waals surface area contributed by atoms with Gasteiger partial charge >= 0.3 is 0 Å². The van der Waals surface area contributed by atoms with Crippen LogP contribution in [0.5, 0.6) is 0 Å². The summed E-state index contributed by atoms with van der Waals surface area (Å²) in [6, 6.07) is 8.57. The number of ether oxygens (including phenoxy) is 1. The van der Waals surface area contributed by atoms with E-state index in [0.29, 0.717) is 6.04 Å². The van der Waals surface area contributed by atoms with Gasteiger partial charge in [-0.15, -0.1) is 0 Å². The Labute approximate surface area is 138 Å². The van der Waals surface area contributed by atoms with Crippen molar-refractivity contribution in [3.05, 3.63) is 30.2 Å². The Morgan fingerprint density at radius 2 is 2.13 bits per heavy atom. The van der Waals surface area contributed by atoms with E-state index in [4.69, 9.17) is 9.15 Å². The van der Waals surface area contributed by atoms with Crippen molar-refractivity contribution in [3.63, 3.8) is 0 Å². The second-order valence-corrected chi connectivity index (χ2v) is 6.36. The maximum atomic E-state index is 5.79. The first-order valence-corrected chi connectivity index (χ1v) is 8.56. The highest BCUT2D eigenvalue weighted by atomic mass is 16.5. The Kier molecular flexibility index (Phi) is 5.65. The van der Waals surface area contributed by atoms with Crippen molar-refractivity contribution >= 4 is 11.1 Å². The molecule has 2 aromatic rings. The number of aromatic nitrogens is 1. The lowest BCUT2D eigenvalue weighted by molar-refractivity contribution is 0.0584. The zero-order valence-electron chi connectivity index (χ0n) is 14.2. The van der Waals surface area contributed by atoms with Gasteiger partial charge in [0.1, 0.15) is 5.52 Å². The smallest absolute Gasteiger partial charge is 0.195 e. The fourth-order valence-electron chi connectivity index (χ4n) is 3.30. The van der Waals surface area contributed by atoms with E-state index in [1.54, 1.807) is 7.11 Å². The number of rotatable bonds is 7. The van der Waals surface area contributed by atoms with E-state index in [1.165, 1.54) is 0 Å². The summed E-state index contributed by atoms with van der Waals surface area (Å²) >= 11 is 0. The summed E-state index contributed by atoms with van der Waals surface area (Å²) in [5.74, 6) is 0.859. The van der Waals surface area contributed by atoms with Gasteiger partial charge in [-0.3, -0.25) is 4.90 Å². The predicted octanol–water partition coefficient (Wildman–Crippen LogP) is 2.41. The van der Waals surface area contributed by atoms with Crippen LogP contribution in [0.15, 0.2) is 28.7 Å². The molecule has 2 heterocycles. The number of fused-ring (bicyclic) bond motifs is 1. The normalized spacial score (nSPS) is 20.3. The molecule has 1 atom stereocenters. The Morgan fingerprint density at radius 1 is 1.26 bits per heavy atom. The quantitative estimate of drug-likeness (QED) is 0.784. The zero-order valence-corrected chi connectivity index (χ0v) is 14.2. The lowest BCUT2D eigenvalue weighted by Crippen LogP contribution is -2.52. The van der Waals surface area contributed by atoms with Gasteiger partial charge in [0.15, 0.2) is 11.5 Å². The Balaban J connectivity index is 1.42. The van der Waals surface area contributed by atoms with Crippen LogP contribution in [0.4, 0.5) is 0 Å². The van der Waals surface area contributed by atoms with E-state index in [2.05, 4.69) is 21.7 Å². The molecule has 23 heavy (non-hydrogen) atoms. The van der Waals surface area contributed by atoms with Crippen molar-refractivity contribution < 1.29 is 9.15 Å². The average molecular weight is 317 g/mol. The molecule has 0 aliphatic carbocycles. The minimum Gasteiger partial charge on any atom is -0.441 e. The van der Waals surface area contributed by atoms with E-state index in [1.807, 2.05) is 24.3 Å². The minimum atomic E-state index is 0.600. The van der Waals surface area contributed by atoms with Gasteiger partial charge in [0.2, 0.25) is 0 Å². The van der Waals surface area contributed by atoms with Gasteiger partial charge in [-0.05, 0) is 32.0 Å². The molecule has 1 aromatic heterocycles. The molecule has 1 aromatic carbocycles. The van der Waals surface area contributed by atoms with Crippen LogP contribution in [0, 0.1) is 0 Å². The van der Waals surface area contributed by atoms with Crippen LogP contribution >= 0.6 is 0 Å². The van der Waals surface area contributed by atoms with Crippen molar-refractivity contribution in [3.8, 4) is 0 Å². The van der Waals surface area contributed by atoms with E-state index < -0.39 is 0 Å². The highest BCUT2D eigenvalue weighted by molar-refractivity contribution is 5.72. The van der Waals surface area contributed by atoms with Crippen LogP contribution in [0.1, 0.15) is 19.2 Å². The molecule has 0 saturated carbocycles. The summed E-state index contributed by atoms with van der Waals surface area (Å²) in [6.07, 6.45) is 2.00. The summed E-state index contributed by atoms with van der Waals surface area (Å²) in [4.78, 5) is 9.62. The molecule has 1 aliphatic rings. The Bertz CT molecular complexity index is 580. The number of piperazine rings is 1. The van der Waals surface area contributed by atoms with E-state index in [-0.39, 0.29) is 0 Å². The third-order valence-corrected chi connectivity index (χ3v) is 4.63. The third-order valence-electron chi connectivity index (χ3n) is 4.63. The monoisotopic (exact) mass is 317 g/mol. The van der Waals surface area contributed by atoms with Crippen LogP contribution in [0.3, 0.4) is 0 Å². The molecule has 1 saturated heterocycles. The van der Waals surface area contributed by atoms with Gasteiger partial charge in [-0.25, -0.2) is 4.98 Å². The van der Waals surface area contributed by atoms with Crippen LogP contribution in [-0.2, 0) is 11.2 Å². The topological polar surface area (TPSA) is 41.7 Å². The number of methoxy groups -OCH3 is 1. The molecule has 0 unspecified atom stereocenters. The van der Waals surface area contributed by atoms with Crippen molar-refractivity contribution in [2.75, 3.05) is 46.4 Å². The molecule has 3 rings (SSSR count). The standard InChI is InChI=1S/C18H27N3O2/c1-15-14-20(10-11-21(15)12-13-22-2)9-5-8-18-19-16-6-3-4-7-17(16)23-18/h3-4,6-7,15H,5,8-14H2,1-2H3/t15-/m0/s1.